The average molecular weight is 299 g/mol. The fourth-order valence-electron chi connectivity index (χ4n) is 1.97. The van der Waals surface area contributed by atoms with Crippen molar-refractivity contribution in [2.45, 2.75) is 51.2 Å². The molecule has 1 aromatic carbocycles. The molecule has 2 N–H and O–H groups in total. The van der Waals surface area contributed by atoms with Gasteiger partial charge in [0.15, 0.2) is 9.84 Å². The van der Waals surface area contributed by atoms with E-state index in [9.17, 15) is 13.5 Å². The third-order valence-electron chi connectivity index (χ3n) is 2.95. The molecule has 4 nitrogen and oxygen atoms in total. The molecule has 0 radical (unpaired) electrons. The van der Waals surface area contributed by atoms with Crippen molar-refractivity contribution >= 4 is 9.84 Å². The lowest BCUT2D eigenvalue weighted by Gasteiger charge is -2.23. The van der Waals surface area contributed by atoms with E-state index < -0.39 is 15.9 Å². The molecular formula is C15H25NO3S. The SMILES string of the molecule is Cc1ccc(S(=O)(=O)CC(O)CNC(C)(C)C)c(C)c1. The molecule has 0 bridgehead atoms. The summed E-state index contributed by atoms with van der Waals surface area (Å²) in [5, 5.41) is 13.0. The van der Waals surface area contributed by atoms with E-state index in [0.29, 0.717) is 4.90 Å². The molecule has 1 atom stereocenters. The fraction of sp³-hybridized carbons (Fsp3) is 0.600. The van der Waals surface area contributed by atoms with Crippen molar-refractivity contribution in [3.05, 3.63) is 29.3 Å². The summed E-state index contributed by atoms with van der Waals surface area (Å²) in [6.07, 6.45) is -0.917. The minimum Gasteiger partial charge on any atom is -0.391 e. The zero-order valence-electron chi connectivity index (χ0n) is 12.9. The summed E-state index contributed by atoms with van der Waals surface area (Å²) in [5.74, 6) is -0.264. The van der Waals surface area contributed by atoms with Gasteiger partial charge in [0.1, 0.15) is 0 Å². The summed E-state index contributed by atoms with van der Waals surface area (Å²) in [6, 6.07) is 5.23. The zero-order chi connectivity index (χ0) is 15.6. The number of hydrogen-bond donors (Lipinski definition) is 2. The summed E-state index contributed by atoms with van der Waals surface area (Å²) in [6.45, 7) is 9.87. The normalized spacial score (nSPS) is 14.3. The largest absolute Gasteiger partial charge is 0.391 e. The van der Waals surface area contributed by atoms with Crippen LogP contribution < -0.4 is 5.32 Å². The highest BCUT2D eigenvalue weighted by atomic mass is 32.2. The van der Waals surface area contributed by atoms with Crippen LogP contribution in [0.2, 0.25) is 0 Å². The minimum absolute atomic E-state index is 0.148. The van der Waals surface area contributed by atoms with Crippen LogP contribution in [0.15, 0.2) is 23.1 Å². The number of nitrogens with one attached hydrogen (secondary N) is 1. The quantitative estimate of drug-likeness (QED) is 0.870. The van der Waals surface area contributed by atoms with Crippen LogP contribution in [0, 0.1) is 13.8 Å². The Bertz CT molecular complexity index is 559. The number of aliphatic hydroxyl groups is 1. The highest BCUT2D eigenvalue weighted by Gasteiger charge is 2.22. The molecule has 0 aromatic heterocycles. The molecule has 0 amide bonds. The second-order valence-corrected chi connectivity index (χ2v) is 8.34. The molecule has 1 rings (SSSR count). The summed E-state index contributed by atoms with van der Waals surface area (Å²) < 4.78 is 24.6. The van der Waals surface area contributed by atoms with E-state index in [4.69, 9.17) is 0 Å². The maximum atomic E-state index is 12.3. The average Bonchev–Trinajstić information content (AvgIpc) is 2.24. The Balaban J connectivity index is 2.79. The Hall–Kier alpha value is -0.910. The first-order chi connectivity index (χ1) is 9.01. The van der Waals surface area contributed by atoms with Crippen LogP contribution >= 0.6 is 0 Å². The van der Waals surface area contributed by atoms with Crippen LogP contribution in [0.3, 0.4) is 0 Å². The summed E-state index contributed by atoms with van der Waals surface area (Å²) in [5.41, 5.74) is 1.60. The summed E-state index contributed by atoms with van der Waals surface area (Å²) >= 11 is 0. The molecule has 20 heavy (non-hydrogen) atoms. The number of benzene rings is 1. The minimum atomic E-state index is -3.46. The zero-order valence-corrected chi connectivity index (χ0v) is 13.7. The van der Waals surface area contributed by atoms with Crippen molar-refractivity contribution in [2.24, 2.45) is 0 Å². The molecule has 5 heteroatoms. The van der Waals surface area contributed by atoms with Crippen molar-refractivity contribution < 1.29 is 13.5 Å². The Kier molecular flexibility index (Phi) is 5.35. The molecule has 0 spiro atoms. The lowest BCUT2D eigenvalue weighted by atomic mass is 10.1. The van der Waals surface area contributed by atoms with Gasteiger partial charge in [0.05, 0.1) is 16.8 Å². The summed E-state index contributed by atoms with van der Waals surface area (Å²) in [4.78, 5) is 0.304. The van der Waals surface area contributed by atoms with Crippen LogP contribution in [-0.2, 0) is 9.84 Å². The number of β-amino-alcohol motifs (C(OH)–C–C–N with tert-alkyl or cyclic N) is 1. The third-order valence-corrected chi connectivity index (χ3v) is 4.90. The lowest BCUT2D eigenvalue weighted by molar-refractivity contribution is 0.181. The van der Waals surface area contributed by atoms with Gasteiger partial charge in [0, 0.05) is 12.1 Å². The van der Waals surface area contributed by atoms with Crippen LogP contribution in [0.25, 0.3) is 0 Å². The molecule has 0 aliphatic heterocycles. The van der Waals surface area contributed by atoms with Gasteiger partial charge >= 0.3 is 0 Å². The first-order valence-corrected chi connectivity index (χ1v) is 8.39. The Morgan fingerprint density at radius 1 is 1.25 bits per heavy atom. The molecule has 1 unspecified atom stereocenters. The topological polar surface area (TPSA) is 66.4 Å². The predicted molar refractivity (Wildman–Crippen MR) is 81.7 cm³/mol. The van der Waals surface area contributed by atoms with Gasteiger partial charge in [-0.15, -0.1) is 0 Å². The maximum absolute atomic E-state index is 12.3. The van der Waals surface area contributed by atoms with Crippen LogP contribution in [0.1, 0.15) is 31.9 Å². The van der Waals surface area contributed by atoms with Crippen LogP contribution in [0.5, 0.6) is 0 Å². The van der Waals surface area contributed by atoms with Gasteiger partial charge in [-0.1, -0.05) is 17.7 Å². The Morgan fingerprint density at radius 3 is 2.35 bits per heavy atom. The van der Waals surface area contributed by atoms with Crippen LogP contribution in [0.4, 0.5) is 0 Å². The van der Waals surface area contributed by atoms with Crippen molar-refractivity contribution in [2.75, 3.05) is 12.3 Å². The monoisotopic (exact) mass is 299 g/mol. The maximum Gasteiger partial charge on any atom is 0.181 e. The molecule has 0 heterocycles. The number of sulfone groups is 1. The number of hydrogen-bond acceptors (Lipinski definition) is 4. The van der Waals surface area contributed by atoms with Gasteiger partial charge in [-0.3, -0.25) is 0 Å². The van der Waals surface area contributed by atoms with Crippen molar-refractivity contribution in [3.8, 4) is 0 Å². The summed E-state index contributed by atoms with van der Waals surface area (Å²) in [7, 11) is -3.46. The van der Waals surface area contributed by atoms with E-state index in [0.717, 1.165) is 11.1 Å². The first-order valence-electron chi connectivity index (χ1n) is 6.74. The predicted octanol–water partition coefficient (Wildman–Crippen LogP) is 1.83. The van der Waals surface area contributed by atoms with Crippen molar-refractivity contribution in [1.82, 2.24) is 5.32 Å². The van der Waals surface area contributed by atoms with Gasteiger partial charge in [-0.2, -0.15) is 0 Å². The van der Waals surface area contributed by atoms with Gasteiger partial charge < -0.3 is 10.4 Å². The number of rotatable bonds is 5. The second-order valence-electron chi connectivity index (χ2n) is 6.34. The standard InChI is InChI=1S/C15H25NO3S/c1-11-6-7-14(12(2)8-11)20(18,19)10-13(17)9-16-15(3,4)5/h6-8,13,16-17H,9-10H2,1-5H3. The molecule has 0 fully saturated rings. The molecule has 0 aliphatic rings. The van der Waals surface area contributed by atoms with Gasteiger partial charge in [0.2, 0.25) is 0 Å². The second kappa shape index (κ2) is 6.24. The van der Waals surface area contributed by atoms with E-state index in [-0.39, 0.29) is 17.8 Å². The molecule has 114 valence electrons. The van der Waals surface area contributed by atoms with E-state index in [1.165, 1.54) is 0 Å². The van der Waals surface area contributed by atoms with Gasteiger partial charge in [-0.05, 0) is 46.2 Å². The van der Waals surface area contributed by atoms with Crippen LogP contribution in [-0.4, -0.2) is 37.5 Å². The van der Waals surface area contributed by atoms with E-state index in [1.807, 2.05) is 33.8 Å². The Labute approximate surface area is 122 Å². The fourth-order valence-corrected chi connectivity index (χ4v) is 3.60. The lowest BCUT2D eigenvalue weighted by Crippen LogP contribution is -2.42. The number of aliphatic hydroxyl groups excluding tert-OH is 1. The van der Waals surface area contributed by atoms with E-state index >= 15 is 0 Å². The van der Waals surface area contributed by atoms with E-state index in [1.54, 1.807) is 19.1 Å². The van der Waals surface area contributed by atoms with Gasteiger partial charge in [-0.25, -0.2) is 8.42 Å². The van der Waals surface area contributed by atoms with Crippen molar-refractivity contribution in [3.63, 3.8) is 0 Å². The molecule has 1 aromatic rings. The smallest absolute Gasteiger partial charge is 0.181 e. The molecule has 0 saturated heterocycles. The highest BCUT2D eigenvalue weighted by Crippen LogP contribution is 2.18. The third kappa shape index (κ3) is 5.23. The molecule has 0 saturated carbocycles. The van der Waals surface area contributed by atoms with Gasteiger partial charge in [0.25, 0.3) is 0 Å². The first kappa shape index (κ1) is 17.1. The van der Waals surface area contributed by atoms with E-state index in [2.05, 4.69) is 5.32 Å². The van der Waals surface area contributed by atoms with Crippen molar-refractivity contribution in [1.29, 1.82) is 0 Å². The molecular weight excluding hydrogens is 274 g/mol. The Morgan fingerprint density at radius 2 is 1.85 bits per heavy atom. The molecule has 0 aliphatic carbocycles. The highest BCUT2D eigenvalue weighted by molar-refractivity contribution is 7.91. The number of aryl methyl sites for hydroxylation is 2.